The van der Waals surface area contributed by atoms with Gasteiger partial charge in [-0.3, -0.25) is 19.2 Å². The third-order valence-electron chi connectivity index (χ3n) is 4.91. The van der Waals surface area contributed by atoms with Crippen LogP contribution in [0.25, 0.3) is 0 Å². The summed E-state index contributed by atoms with van der Waals surface area (Å²) in [5.74, 6) is -3.75. The molecular weight excluding hydrogens is 402 g/mol. The smallest absolute Gasteiger partial charge is 0.322 e. The van der Waals surface area contributed by atoms with E-state index in [2.05, 4.69) is 17.2 Å². The Bertz CT molecular complexity index is 972. The van der Waals surface area contributed by atoms with E-state index < -0.39 is 36.0 Å². The van der Waals surface area contributed by atoms with Crippen LogP contribution in [0.2, 0.25) is 0 Å². The zero-order chi connectivity index (χ0) is 22.4. The van der Waals surface area contributed by atoms with Crippen LogP contribution < -0.4 is 10.1 Å². The number of carbonyl (C=O) groups excluding carboxylic acids is 3. The number of amides is 2. The van der Waals surface area contributed by atoms with Gasteiger partial charge in [0.1, 0.15) is 12.3 Å². The molecule has 1 aliphatic heterocycles. The SMILES string of the molecule is CCc1ccc(Oc2ccc(CN3CCC(=O)C(C(=O)NCC(=O)O)C3=O)cn2)cc1. The van der Waals surface area contributed by atoms with Crippen molar-refractivity contribution < 1.29 is 29.0 Å². The highest BCUT2D eigenvalue weighted by Crippen LogP contribution is 2.22. The van der Waals surface area contributed by atoms with Crippen molar-refractivity contribution in [1.29, 1.82) is 0 Å². The number of pyridine rings is 1. The Morgan fingerprint density at radius 1 is 1.16 bits per heavy atom. The molecule has 1 aromatic carbocycles. The Balaban J connectivity index is 1.61. The van der Waals surface area contributed by atoms with E-state index in [0.29, 0.717) is 17.2 Å². The van der Waals surface area contributed by atoms with E-state index in [0.717, 1.165) is 6.42 Å². The Hall–Kier alpha value is -3.75. The maximum atomic E-state index is 12.6. The number of ketones is 1. The second kappa shape index (κ2) is 9.84. The number of Topliss-reactive ketones (excluding diaryl/α,β-unsaturated/α-hetero) is 1. The molecule has 2 aromatic rings. The zero-order valence-corrected chi connectivity index (χ0v) is 17.0. The van der Waals surface area contributed by atoms with Crippen molar-refractivity contribution in [2.75, 3.05) is 13.1 Å². The van der Waals surface area contributed by atoms with E-state index in [4.69, 9.17) is 9.84 Å². The lowest BCUT2D eigenvalue weighted by atomic mass is 9.94. The number of rotatable bonds is 8. The van der Waals surface area contributed by atoms with Gasteiger partial charge in [0.05, 0.1) is 0 Å². The quantitative estimate of drug-likeness (QED) is 0.615. The van der Waals surface area contributed by atoms with Crippen molar-refractivity contribution in [3.63, 3.8) is 0 Å². The van der Waals surface area contributed by atoms with Gasteiger partial charge in [-0.05, 0) is 29.7 Å². The molecule has 1 unspecified atom stereocenters. The van der Waals surface area contributed by atoms with Crippen LogP contribution in [0.1, 0.15) is 24.5 Å². The number of likely N-dealkylation sites (tertiary alicyclic amines) is 1. The lowest BCUT2D eigenvalue weighted by Gasteiger charge is -2.30. The average Bonchev–Trinajstić information content (AvgIpc) is 2.76. The molecule has 2 N–H and O–H groups in total. The molecule has 0 aliphatic carbocycles. The van der Waals surface area contributed by atoms with Crippen molar-refractivity contribution in [3.8, 4) is 11.6 Å². The van der Waals surface area contributed by atoms with Crippen LogP contribution in [0.5, 0.6) is 11.6 Å². The van der Waals surface area contributed by atoms with Gasteiger partial charge >= 0.3 is 5.97 Å². The second-order valence-corrected chi connectivity index (χ2v) is 7.12. The molecule has 2 heterocycles. The Morgan fingerprint density at radius 2 is 1.87 bits per heavy atom. The third kappa shape index (κ3) is 5.65. The van der Waals surface area contributed by atoms with Crippen molar-refractivity contribution >= 4 is 23.6 Å². The predicted octanol–water partition coefficient (Wildman–Crippen LogP) is 1.55. The number of nitrogens with zero attached hydrogens (tertiary/aromatic N) is 2. The van der Waals surface area contributed by atoms with Crippen LogP contribution in [0.3, 0.4) is 0 Å². The van der Waals surface area contributed by atoms with E-state index in [9.17, 15) is 19.2 Å². The summed E-state index contributed by atoms with van der Waals surface area (Å²) in [6.07, 6.45) is 2.54. The van der Waals surface area contributed by atoms with Gasteiger partial charge in [0, 0.05) is 31.8 Å². The summed E-state index contributed by atoms with van der Waals surface area (Å²) in [5, 5.41) is 10.8. The van der Waals surface area contributed by atoms with Gasteiger partial charge in [-0.15, -0.1) is 0 Å². The first-order valence-corrected chi connectivity index (χ1v) is 9.90. The maximum Gasteiger partial charge on any atom is 0.322 e. The molecule has 2 amide bonds. The summed E-state index contributed by atoms with van der Waals surface area (Å²) < 4.78 is 5.72. The highest BCUT2D eigenvalue weighted by atomic mass is 16.5. The topological polar surface area (TPSA) is 126 Å². The molecule has 0 radical (unpaired) electrons. The van der Waals surface area contributed by atoms with Gasteiger partial charge in [-0.1, -0.05) is 25.1 Å². The molecule has 162 valence electrons. The molecule has 3 rings (SSSR count). The van der Waals surface area contributed by atoms with Crippen LogP contribution in [-0.2, 0) is 32.1 Å². The van der Waals surface area contributed by atoms with Crippen LogP contribution in [0.15, 0.2) is 42.6 Å². The molecule has 31 heavy (non-hydrogen) atoms. The van der Waals surface area contributed by atoms with Crippen molar-refractivity contribution in [1.82, 2.24) is 15.2 Å². The lowest BCUT2D eigenvalue weighted by molar-refractivity contribution is -0.152. The first kappa shape index (κ1) is 21.9. The van der Waals surface area contributed by atoms with Crippen molar-refractivity contribution in [2.45, 2.75) is 26.3 Å². The molecule has 0 saturated carbocycles. The highest BCUT2D eigenvalue weighted by molar-refractivity contribution is 6.19. The number of aliphatic carboxylic acids is 1. The monoisotopic (exact) mass is 425 g/mol. The average molecular weight is 425 g/mol. The Morgan fingerprint density at radius 3 is 2.48 bits per heavy atom. The molecule has 1 aliphatic rings. The molecule has 9 heteroatoms. The van der Waals surface area contributed by atoms with Crippen molar-refractivity contribution in [2.24, 2.45) is 5.92 Å². The van der Waals surface area contributed by atoms with Gasteiger partial charge in [0.25, 0.3) is 0 Å². The molecule has 0 spiro atoms. The number of carboxylic acid groups (broad SMARTS) is 1. The van der Waals surface area contributed by atoms with E-state index in [1.807, 2.05) is 24.3 Å². The Labute approximate surface area is 179 Å². The van der Waals surface area contributed by atoms with E-state index >= 15 is 0 Å². The number of carbonyl (C=O) groups is 4. The zero-order valence-electron chi connectivity index (χ0n) is 17.0. The fourth-order valence-electron chi connectivity index (χ4n) is 3.20. The van der Waals surface area contributed by atoms with E-state index in [1.54, 1.807) is 18.3 Å². The summed E-state index contributed by atoms with van der Waals surface area (Å²) in [6, 6.07) is 11.1. The fourth-order valence-corrected chi connectivity index (χ4v) is 3.20. The molecule has 1 fully saturated rings. The number of aromatic nitrogens is 1. The van der Waals surface area contributed by atoms with Crippen LogP contribution >= 0.6 is 0 Å². The van der Waals surface area contributed by atoms with Gasteiger partial charge in [0.15, 0.2) is 11.7 Å². The number of aryl methyl sites for hydroxylation is 1. The predicted molar refractivity (Wildman–Crippen MR) is 109 cm³/mol. The van der Waals surface area contributed by atoms with Crippen molar-refractivity contribution in [3.05, 3.63) is 53.7 Å². The number of carboxylic acids is 1. The van der Waals surface area contributed by atoms with Gasteiger partial charge in [0.2, 0.25) is 17.7 Å². The second-order valence-electron chi connectivity index (χ2n) is 7.12. The molecule has 0 bridgehead atoms. The van der Waals surface area contributed by atoms with Crippen LogP contribution in [-0.4, -0.2) is 51.6 Å². The fraction of sp³-hybridized carbons (Fsp3) is 0.318. The molecule has 1 aromatic heterocycles. The van der Waals surface area contributed by atoms with Gasteiger partial charge < -0.3 is 20.1 Å². The third-order valence-corrected chi connectivity index (χ3v) is 4.91. The lowest BCUT2D eigenvalue weighted by Crippen LogP contribution is -2.52. The first-order valence-electron chi connectivity index (χ1n) is 9.90. The summed E-state index contributed by atoms with van der Waals surface area (Å²) in [5.41, 5.74) is 1.91. The number of nitrogens with one attached hydrogen (secondary N) is 1. The molecule has 1 saturated heterocycles. The largest absolute Gasteiger partial charge is 0.480 e. The Kier molecular flexibility index (Phi) is 6.96. The minimum atomic E-state index is -1.52. The molecular formula is C22H23N3O6. The minimum absolute atomic E-state index is 0.0271. The summed E-state index contributed by atoms with van der Waals surface area (Å²) in [4.78, 5) is 53.1. The number of ether oxygens (including phenoxy) is 1. The van der Waals surface area contributed by atoms with Crippen LogP contribution in [0.4, 0.5) is 0 Å². The highest BCUT2D eigenvalue weighted by Gasteiger charge is 2.40. The first-order chi connectivity index (χ1) is 14.9. The minimum Gasteiger partial charge on any atom is -0.480 e. The van der Waals surface area contributed by atoms with Gasteiger partial charge in [-0.25, -0.2) is 4.98 Å². The van der Waals surface area contributed by atoms with E-state index in [-0.39, 0.29) is 19.5 Å². The number of benzene rings is 1. The maximum absolute atomic E-state index is 12.6. The van der Waals surface area contributed by atoms with E-state index in [1.165, 1.54) is 10.5 Å². The molecule has 9 nitrogen and oxygen atoms in total. The number of piperidine rings is 1. The summed E-state index contributed by atoms with van der Waals surface area (Å²) >= 11 is 0. The number of hydrogen-bond acceptors (Lipinski definition) is 6. The van der Waals surface area contributed by atoms with Crippen LogP contribution in [0, 0.1) is 5.92 Å². The normalized spacial score (nSPS) is 16.2. The number of hydrogen-bond donors (Lipinski definition) is 2. The summed E-state index contributed by atoms with van der Waals surface area (Å²) in [6.45, 7) is 1.78. The summed E-state index contributed by atoms with van der Waals surface area (Å²) in [7, 11) is 0. The van der Waals surface area contributed by atoms with Gasteiger partial charge in [-0.2, -0.15) is 0 Å². The standard InChI is InChI=1S/C22H23N3O6/c1-2-14-3-6-16(7-4-14)31-18-8-5-15(11-23-18)13-25-10-9-17(26)20(22(25)30)21(29)24-12-19(27)28/h3-8,11,20H,2,9-10,12-13H2,1H3,(H,24,29)(H,27,28). The molecule has 1 atom stereocenters.